The summed E-state index contributed by atoms with van der Waals surface area (Å²) in [5.74, 6) is -0.688. The van der Waals surface area contributed by atoms with Crippen LogP contribution >= 0.6 is 0 Å². The summed E-state index contributed by atoms with van der Waals surface area (Å²) in [6.45, 7) is 4.33. The Kier molecular flexibility index (Phi) is 5.93. The largest absolute Gasteiger partial charge is 0.370 e. The lowest BCUT2D eigenvalue weighted by molar-refractivity contribution is -0.118. The number of piperidine rings is 1. The molecule has 2 aliphatic heterocycles. The molecule has 0 spiro atoms. The molecule has 4 rings (SSSR count). The maximum atomic E-state index is 13.1. The van der Waals surface area contributed by atoms with Gasteiger partial charge in [0.2, 0.25) is 11.8 Å². The Labute approximate surface area is 182 Å². The standard InChI is InChI=1S/C24H28N4O3/c1-2-22(29)28-13-10-16-14-18(7-8-20(16)28)24(31)26-19-15-17(23(25)30)6-9-21(19)27-11-4-3-5-12-27/h6-9,14-15H,2-5,10-13H2,1H3,(H2,25,30)(H,26,31). The topological polar surface area (TPSA) is 95.7 Å². The van der Waals surface area contributed by atoms with Crippen LogP contribution in [-0.2, 0) is 11.2 Å². The molecule has 0 aliphatic carbocycles. The minimum absolute atomic E-state index is 0.0883. The molecule has 2 heterocycles. The maximum absolute atomic E-state index is 13.1. The molecule has 0 saturated carbocycles. The van der Waals surface area contributed by atoms with Crippen molar-refractivity contribution in [2.45, 2.75) is 39.0 Å². The van der Waals surface area contributed by atoms with Gasteiger partial charge in [0, 0.05) is 42.9 Å². The Morgan fingerprint density at radius 3 is 2.35 bits per heavy atom. The lowest BCUT2D eigenvalue weighted by Gasteiger charge is -2.30. The highest BCUT2D eigenvalue weighted by molar-refractivity contribution is 6.08. The maximum Gasteiger partial charge on any atom is 0.255 e. The van der Waals surface area contributed by atoms with E-state index in [-0.39, 0.29) is 11.8 Å². The van der Waals surface area contributed by atoms with E-state index < -0.39 is 5.91 Å². The molecule has 0 unspecified atom stereocenters. The number of fused-ring (bicyclic) bond motifs is 1. The van der Waals surface area contributed by atoms with E-state index in [1.54, 1.807) is 23.1 Å². The Bertz CT molecular complexity index is 1030. The van der Waals surface area contributed by atoms with Crippen molar-refractivity contribution in [2.24, 2.45) is 5.73 Å². The summed E-state index contributed by atoms with van der Waals surface area (Å²) in [5, 5.41) is 2.99. The molecular formula is C24H28N4O3. The number of benzene rings is 2. The number of hydrogen-bond acceptors (Lipinski definition) is 4. The van der Waals surface area contributed by atoms with E-state index in [0.717, 1.165) is 49.3 Å². The van der Waals surface area contributed by atoms with E-state index in [4.69, 9.17) is 5.73 Å². The van der Waals surface area contributed by atoms with Gasteiger partial charge in [0.25, 0.3) is 5.91 Å². The SMILES string of the molecule is CCC(=O)N1CCc2cc(C(=O)Nc3cc(C(N)=O)ccc3N3CCCCC3)ccc21. The molecule has 1 saturated heterocycles. The second-order valence-corrected chi connectivity index (χ2v) is 8.09. The zero-order valence-corrected chi connectivity index (χ0v) is 17.8. The van der Waals surface area contributed by atoms with Crippen LogP contribution in [0.1, 0.15) is 58.9 Å². The molecular weight excluding hydrogens is 392 g/mol. The molecule has 2 aliphatic rings. The van der Waals surface area contributed by atoms with Crippen LogP contribution in [0.4, 0.5) is 17.1 Å². The van der Waals surface area contributed by atoms with Gasteiger partial charge in [0.15, 0.2) is 0 Å². The molecule has 2 aromatic rings. The number of hydrogen-bond donors (Lipinski definition) is 2. The van der Waals surface area contributed by atoms with Gasteiger partial charge in [0.05, 0.1) is 11.4 Å². The lowest BCUT2D eigenvalue weighted by atomic mass is 10.1. The van der Waals surface area contributed by atoms with Crippen LogP contribution in [0.25, 0.3) is 0 Å². The number of carbonyl (C=O) groups is 3. The van der Waals surface area contributed by atoms with E-state index in [1.165, 1.54) is 6.42 Å². The van der Waals surface area contributed by atoms with Crippen LogP contribution in [-0.4, -0.2) is 37.4 Å². The van der Waals surface area contributed by atoms with Crippen molar-refractivity contribution in [3.05, 3.63) is 53.1 Å². The summed E-state index contributed by atoms with van der Waals surface area (Å²) in [6.07, 6.45) is 4.59. The van der Waals surface area contributed by atoms with Crippen molar-refractivity contribution < 1.29 is 14.4 Å². The molecule has 3 amide bonds. The number of nitrogens with two attached hydrogens (primary N) is 1. The number of nitrogens with one attached hydrogen (secondary N) is 1. The summed E-state index contributed by atoms with van der Waals surface area (Å²) < 4.78 is 0. The molecule has 0 radical (unpaired) electrons. The van der Waals surface area contributed by atoms with Crippen molar-refractivity contribution in [3.8, 4) is 0 Å². The minimum Gasteiger partial charge on any atom is -0.370 e. The van der Waals surface area contributed by atoms with E-state index in [1.807, 2.05) is 25.1 Å². The minimum atomic E-state index is -0.529. The second kappa shape index (κ2) is 8.79. The molecule has 31 heavy (non-hydrogen) atoms. The van der Waals surface area contributed by atoms with Crippen molar-refractivity contribution in [2.75, 3.05) is 34.8 Å². The summed E-state index contributed by atoms with van der Waals surface area (Å²) in [6, 6.07) is 10.7. The molecule has 0 bridgehead atoms. The highest BCUT2D eigenvalue weighted by atomic mass is 16.2. The third kappa shape index (κ3) is 4.26. The van der Waals surface area contributed by atoms with Crippen LogP contribution in [0.5, 0.6) is 0 Å². The summed E-state index contributed by atoms with van der Waals surface area (Å²) in [4.78, 5) is 40.9. The quantitative estimate of drug-likeness (QED) is 0.776. The molecule has 2 aromatic carbocycles. The number of anilines is 3. The zero-order valence-electron chi connectivity index (χ0n) is 17.8. The van der Waals surface area contributed by atoms with Gasteiger partial charge in [-0.1, -0.05) is 6.92 Å². The van der Waals surface area contributed by atoms with Crippen molar-refractivity contribution in [3.63, 3.8) is 0 Å². The molecule has 3 N–H and O–H groups in total. The number of rotatable bonds is 5. The first-order valence-electron chi connectivity index (χ1n) is 10.9. The number of carbonyl (C=O) groups excluding carboxylic acids is 3. The van der Waals surface area contributed by atoms with Gasteiger partial charge in [-0.3, -0.25) is 14.4 Å². The van der Waals surface area contributed by atoms with E-state index in [9.17, 15) is 14.4 Å². The van der Waals surface area contributed by atoms with E-state index in [0.29, 0.717) is 29.8 Å². The highest BCUT2D eigenvalue weighted by Gasteiger charge is 2.25. The van der Waals surface area contributed by atoms with E-state index >= 15 is 0 Å². The van der Waals surface area contributed by atoms with Crippen LogP contribution in [0.15, 0.2) is 36.4 Å². The first kappa shape index (κ1) is 20.9. The van der Waals surface area contributed by atoms with Gasteiger partial charge in [-0.25, -0.2) is 0 Å². The first-order chi connectivity index (χ1) is 15.0. The average molecular weight is 421 g/mol. The Morgan fingerprint density at radius 2 is 1.65 bits per heavy atom. The fourth-order valence-corrected chi connectivity index (χ4v) is 4.39. The predicted molar refractivity (Wildman–Crippen MR) is 122 cm³/mol. The van der Waals surface area contributed by atoms with Gasteiger partial charge >= 0.3 is 0 Å². The molecule has 7 nitrogen and oxygen atoms in total. The van der Waals surface area contributed by atoms with Crippen molar-refractivity contribution >= 4 is 34.8 Å². The van der Waals surface area contributed by atoms with Gasteiger partial charge in [-0.2, -0.15) is 0 Å². The highest BCUT2D eigenvalue weighted by Crippen LogP contribution is 2.32. The number of amides is 3. The van der Waals surface area contributed by atoms with Crippen LogP contribution in [0.2, 0.25) is 0 Å². The summed E-state index contributed by atoms with van der Waals surface area (Å²) >= 11 is 0. The third-order valence-electron chi connectivity index (χ3n) is 6.07. The fourth-order valence-electron chi connectivity index (χ4n) is 4.39. The Balaban J connectivity index is 1.60. The average Bonchev–Trinajstić information content (AvgIpc) is 3.22. The number of primary amides is 1. The first-order valence-corrected chi connectivity index (χ1v) is 10.9. The normalized spacial score (nSPS) is 15.5. The van der Waals surface area contributed by atoms with Gasteiger partial charge in [-0.15, -0.1) is 0 Å². The summed E-state index contributed by atoms with van der Waals surface area (Å²) in [7, 11) is 0. The van der Waals surface area contributed by atoms with Crippen molar-refractivity contribution in [1.29, 1.82) is 0 Å². The van der Waals surface area contributed by atoms with Crippen molar-refractivity contribution in [1.82, 2.24) is 0 Å². The molecule has 0 atom stereocenters. The van der Waals surface area contributed by atoms with Crippen LogP contribution < -0.4 is 20.9 Å². The van der Waals surface area contributed by atoms with Gasteiger partial charge < -0.3 is 20.9 Å². The zero-order chi connectivity index (χ0) is 22.0. The van der Waals surface area contributed by atoms with Crippen LogP contribution in [0.3, 0.4) is 0 Å². The third-order valence-corrected chi connectivity index (χ3v) is 6.07. The molecule has 1 fully saturated rings. The molecule has 162 valence electrons. The molecule has 7 heteroatoms. The lowest BCUT2D eigenvalue weighted by Crippen LogP contribution is -2.30. The van der Waals surface area contributed by atoms with E-state index in [2.05, 4.69) is 10.2 Å². The summed E-state index contributed by atoms with van der Waals surface area (Å²) in [5.41, 5.74) is 9.72. The number of nitrogens with zero attached hydrogens (tertiary/aromatic N) is 2. The van der Waals surface area contributed by atoms with Crippen LogP contribution in [0, 0.1) is 0 Å². The Hall–Kier alpha value is -3.35. The fraction of sp³-hybridized carbons (Fsp3) is 0.375. The van der Waals surface area contributed by atoms with Gasteiger partial charge in [-0.05, 0) is 67.6 Å². The second-order valence-electron chi connectivity index (χ2n) is 8.09. The monoisotopic (exact) mass is 420 g/mol. The Morgan fingerprint density at radius 1 is 0.935 bits per heavy atom. The van der Waals surface area contributed by atoms with Gasteiger partial charge in [0.1, 0.15) is 0 Å². The molecule has 0 aromatic heterocycles. The smallest absolute Gasteiger partial charge is 0.255 e. The predicted octanol–water partition coefficient (Wildman–Crippen LogP) is 3.33.